The number of hydrogen-bond donors (Lipinski definition) is 1. The van der Waals surface area contributed by atoms with Gasteiger partial charge in [0.25, 0.3) is 0 Å². The third-order valence-corrected chi connectivity index (χ3v) is 4.83. The molecular weight excluding hydrogens is 356 g/mol. The molecule has 0 fully saturated rings. The molecule has 1 aliphatic rings. The van der Waals surface area contributed by atoms with Crippen molar-refractivity contribution >= 4 is 23.2 Å². The second-order valence-corrected chi connectivity index (χ2v) is 7.15. The molecular formula is C22H26N2O4. The molecule has 1 N–H and O–H groups in total. The molecule has 1 heterocycles. The van der Waals surface area contributed by atoms with Crippen molar-refractivity contribution in [2.24, 2.45) is 5.92 Å². The Morgan fingerprint density at radius 2 is 1.82 bits per heavy atom. The van der Waals surface area contributed by atoms with E-state index < -0.39 is 0 Å². The lowest BCUT2D eigenvalue weighted by atomic mass is 10.1. The van der Waals surface area contributed by atoms with Gasteiger partial charge in [0.15, 0.2) is 11.5 Å². The maximum absolute atomic E-state index is 12.5. The number of nitrogens with one attached hydrogen (secondary N) is 1. The fraction of sp³-hybridized carbons (Fsp3) is 0.364. The number of methoxy groups -OCH3 is 2. The van der Waals surface area contributed by atoms with Crippen molar-refractivity contribution in [3.8, 4) is 11.5 Å². The van der Waals surface area contributed by atoms with E-state index in [-0.39, 0.29) is 24.2 Å². The summed E-state index contributed by atoms with van der Waals surface area (Å²) in [6.07, 6.45) is 1.03. The molecule has 2 amide bonds. The van der Waals surface area contributed by atoms with E-state index in [2.05, 4.69) is 5.32 Å². The number of carbonyl (C=O) groups is 2. The highest BCUT2D eigenvalue weighted by atomic mass is 16.5. The molecule has 0 bridgehead atoms. The van der Waals surface area contributed by atoms with Crippen LogP contribution in [-0.2, 0) is 22.4 Å². The van der Waals surface area contributed by atoms with Gasteiger partial charge in [-0.05, 0) is 47.9 Å². The summed E-state index contributed by atoms with van der Waals surface area (Å²) in [5.74, 6) is 1.21. The lowest BCUT2D eigenvalue weighted by Gasteiger charge is -2.19. The maximum atomic E-state index is 12.5. The van der Waals surface area contributed by atoms with Gasteiger partial charge in [-0.3, -0.25) is 9.59 Å². The van der Waals surface area contributed by atoms with Crippen LogP contribution in [0, 0.1) is 5.92 Å². The molecule has 1 aliphatic heterocycles. The van der Waals surface area contributed by atoms with Crippen molar-refractivity contribution in [1.82, 2.24) is 0 Å². The molecule has 0 saturated carbocycles. The van der Waals surface area contributed by atoms with E-state index in [9.17, 15) is 9.59 Å². The Labute approximate surface area is 165 Å². The molecule has 0 aliphatic carbocycles. The average Bonchev–Trinajstić information content (AvgIpc) is 3.10. The summed E-state index contributed by atoms with van der Waals surface area (Å²) in [6.45, 7) is 4.50. The molecule has 148 valence electrons. The number of fused-ring (bicyclic) bond motifs is 1. The van der Waals surface area contributed by atoms with Crippen molar-refractivity contribution in [3.05, 3.63) is 47.5 Å². The molecule has 2 aromatic carbocycles. The van der Waals surface area contributed by atoms with Gasteiger partial charge in [0, 0.05) is 23.8 Å². The minimum absolute atomic E-state index is 0.0354. The summed E-state index contributed by atoms with van der Waals surface area (Å²) >= 11 is 0. The van der Waals surface area contributed by atoms with Crippen LogP contribution < -0.4 is 19.7 Å². The number of ether oxygens (including phenoxy) is 2. The minimum Gasteiger partial charge on any atom is -0.493 e. The van der Waals surface area contributed by atoms with Gasteiger partial charge in [0.2, 0.25) is 11.8 Å². The molecule has 0 radical (unpaired) electrons. The van der Waals surface area contributed by atoms with Crippen molar-refractivity contribution in [3.63, 3.8) is 0 Å². The molecule has 2 aromatic rings. The SMILES string of the molecule is COc1ccc(CC(=O)Nc2ccc3c(c2)CCN3C(=O)C(C)C)cc1OC. The van der Waals surface area contributed by atoms with Crippen molar-refractivity contribution in [2.75, 3.05) is 31.0 Å². The van der Waals surface area contributed by atoms with Crippen LogP contribution in [-0.4, -0.2) is 32.6 Å². The topological polar surface area (TPSA) is 67.9 Å². The van der Waals surface area contributed by atoms with E-state index in [1.54, 1.807) is 26.4 Å². The van der Waals surface area contributed by atoms with E-state index in [1.807, 2.05) is 43.0 Å². The van der Waals surface area contributed by atoms with Crippen LogP contribution in [0.25, 0.3) is 0 Å². The highest BCUT2D eigenvalue weighted by Crippen LogP contribution is 2.32. The van der Waals surface area contributed by atoms with Gasteiger partial charge < -0.3 is 19.7 Å². The van der Waals surface area contributed by atoms with Gasteiger partial charge in [0.05, 0.1) is 20.6 Å². The molecule has 6 heteroatoms. The average molecular weight is 382 g/mol. The standard InChI is InChI=1S/C22H26N2O4/c1-14(2)22(26)24-10-9-16-13-17(6-7-18(16)24)23-21(25)12-15-5-8-19(27-3)20(11-15)28-4/h5-8,11,13-14H,9-10,12H2,1-4H3,(H,23,25). The largest absolute Gasteiger partial charge is 0.493 e. The Hall–Kier alpha value is -3.02. The van der Waals surface area contributed by atoms with Crippen molar-refractivity contribution in [2.45, 2.75) is 26.7 Å². The molecule has 6 nitrogen and oxygen atoms in total. The first-order valence-corrected chi connectivity index (χ1v) is 9.38. The number of carbonyl (C=O) groups excluding carboxylic acids is 2. The van der Waals surface area contributed by atoms with Crippen molar-refractivity contribution in [1.29, 1.82) is 0 Å². The fourth-order valence-corrected chi connectivity index (χ4v) is 3.40. The number of rotatable bonds is 6. The summed E-state index contributed by atoms with van der Waals surface area (Å²) in [4.78, 5) is 26.6. The first kappa shape index (κ1) is 19.7. The minimum atomic E-state index is -0.111. The number of anilines is 2. The molecule has 3 rings (SSSR count). The summed E-state index contributed by atoms with van der Waals surface area (Å²) in [5, 5.41) is 2.94. The van der Waals surface area contributed by atoms with E-state index in [4.69, 9.17) is 9.47 Å². The molecule has 28 heavy (non-hydrogen) atoms. The normalized spacial score (nSPS) is 12.7. The Morgan fingerprint density at radius 3 is 2.50 bits per heavy atom. The van der Waals surface area contributed by atoms with Crippen LogP contribution in [0.3, 0.4) is 0 Å². The lowest BCUT2D eigenvalue weighted by Crippen LogP contribution is -2.32. The Kier molecular flexibility index (Phi) is 5.87. The number of nitrogens with zero attached hydrogens (tertiary/aromatic N) is 1. The van der Waals surface area contributed by atoms with Crippen molar-refractivity contribution < 1.29 is 19.1 Å². The molecule has 0 atom stereocenters. The monoisotopic (exact) mass is 382 g/mol. The second-order valence-electron chi connectivity index (χ2n) is 7.15. The van der Waals surface area contributed by atoms with Gasteiger partial charge in [-0.1, -0.05) is 19.9 Å². The van der Waals surface area contributed by atoms with Crippen LogP contribution in [0.2, 0.25) is 0 Å². The molecule has 0 aromatic heterocycles. The van der Waals surface area contributed by atoms with Gasteiger partial charge in [-0.15, -0.1) is 0 Å². The van der Waals surface area contributed by atoms with E-state index >= 15 is 0 Å². The van der Waals surface area contributed by atoms with Crippen LogP contribution in [0.5, 0.6) is 11.5 Å². The van der Waals surface area contributed by atoms with Crippen LogP contribution >= 0.6 is 0 Å². The maximum Gasteiger partial charge on any atom is 0.229 e. The summed E-state index contributed by atoms with van der Waals surface area (Å²) < 4.78 is 10.5. The summed E-state index contributed by atoms with van der Waals surface area (Å²) in [7, 11) is 3.15. The Bertz CT molecular complexity index is 892. The number of hydrogen-bond acceptors (Lipinski definition) is 4. The number of benzene rings is 2. The number of amides is 2. The van der Waals surface area contributed by atoms with E-state index in [1.165, 1.54) is 0 Å². The predicted octanol–water partition coefficient (Wildman–Crippen LogP) is 3.43. The molecule has 0 spiro atoms. The first-order chi connectivity index (χ1) is 13.4. The summed E-state index contributed by atoms with van der Waals surface area (Å²) in [6, 6.07) is 11.1. The van der Waals surface area contributed by atoms with E-state index in [0.717, 1.165) is 28.9 Å². The van der Waals surface area contributed by atoms with E-state index in [0.29, 0.717) is 18.0 Å². The van der Waals surface area contributed by atoms with Crippen LogP contribution in [0.15, 0.2) is 36.4 Å². The smallest absolute Gasteiger partial charge is 0.229 e. The zero-order chi connectivity index (χ0) is 20.3. The predicted molar refractivity (Wildman–Crippen MR) is 109 cm³/mol. The second kappa shape index (κ2) is 8.33. The van der Waals surface area contributed by atoms with Crippen LogP contribution in [0.4, 0.5) is 11.4 Å². The third kappa shape index (κ3) is 4.11. The van der Waals surface area contributed by atoms with Gasteiger partial charge >= 0.3 is 0 Å². The highest BCUT2D eigenvalue weighted by molar-refractivity contribution is 5.98. The first-order valence-electron chi connectivity index (χ1n) is 9.38. The van der Waals surface area contributed by atoms with Gasteiger partial charge in [-0.2, -0.15) is 0 Å². The fourth-order valence-electron chi connectivity index (χ4n) is 3.40. The quantitative estimate of drug-likeness (QED) is 0.831. The third-order valence-electron chi connectivity index (χ3n) is 4.83. The Morgan fingerprint density at radius 1 is 1.07 bits per heavy atom. The van der Waals surface area contributed by atoms with Gasteiger partial charge in [-0.25, -0.2) is 0 Å². The lowest BCUT2D eigenvalue weighted by molar-refractivity contribution is -0.121. The zero-order valence-electron chi connectivity index (χ0n) is 16.7. The molecule has 0 unspecified atom stereocenters. The highest BCUT2D eigenvalue weighted by Gasteiger charge is 2.26. The Balaban J connectivity index is 1.68. The summed E-state index contributed by atoms with van der Waals surface area (Å²) in [5.41, 5.74) is 3.60. The molecule has 0 saturated heterocycles. The zero-order valence-corrected chi connectivity index (χ0v) is 16.7. The van der Waals surface area contributed by atoms with Gasteiger partial charge in [0.1, 0.15) is 0 Å². The van der Waals surface area contributed by atoms with Crippen LogP contribution in [0.1, 0.15) is 25.0 Å².